The summed E-state index contributed by atoms with van der Waals surface area (Å²) in [5.41, 5.74) is 12.6. The van der Waals surface area contributed by atoms with Crippen LogP contribution in [0.25, 0.3) is 38.8 Å². The molecule has 0 N–H and O–H groups in total. The first-order valence-corrected chi connectivity index (χ1v) is 12.7. The fourth-order valence-electron chi connectivity index (χ4n) is 5.63. The molecule has 0 saturated heterocycles. The molecule has 7 rings (SSSR count). The van der Waals surface area contributed by atoms with Gasteiger partial charge < -0.3 is 4.42 Å². The summed E-state index contributed by atoms with van der Waals surface area (Å²) in [6.07, 6.45) is 0. The van der Waals surface area contributed by atoms with Crippen molar-refractivity contribution in [1.29, 1.82) is 0 Å². The lowest BCUT2D eigenvalue weighted by Crippen LogP contribution is -2.08. The number of benzene rings is 5. The van der Waals surface area contributed by atoms with Gasteiger partial charge in [0, 0.05) is 5.39 Å². The summed E-state index contributed by atoms with van der Waals surface area (Å²) in [5.74, 6) is 1.26. The van der Waals surface area contributed by atoms with E-state index in [1.807, 2.05) is 12.1 Å². The number of hydrogen-bond donors (Lipinski definition) is 0. The Balaban J connectivity index is 1.43. The second-order valence-electron chi connectivity index (χ2n) is 9.68. The lowest BCUT2D eigenvalue weighted by molar-refractivity contribution is 0.658. The fourth-order valence-corrected chi connectivity index (χ4v) is 5.63. The normalized spacial score (nSPS) is 11.8. The van der Waals surface area contributed by atoms with Crippen molar-refractivity contribution in [3.63, 3.8) is 0 Å². The third-order valence-electron chi connectivity index (χ3n) is 7.44. The van der Waals surface area contributed by atoms with Crippen LogP contribution >= 0.6 is 0 Å². The zero-order valence-corrected chi connectivity index (χ0v) is 20.9. The lowest BCUT2D eigenvalue weighted by Gasteiger charge is -2.22. The second-order valence-corrected chi connectivity index (χ2v) is 9.68. The van der Waals surface area contributed by atoms with Crippen molar-refractivity contribution >= 4 is 27.7 Å². The summed E-state index contributed by atoms with van der Waals surface area (Å²) < 4.78 is 8.67. The molecule has 0 fully saturated rings. The Morgan fingerprint density at radius 3 is 1.81 bits per heavy atom. The summed E-state index contributed by atoms with van der Waals surface area (Å²) in [5, 5.41) is 1.20. The van der Waals surface area contributed by atoms with Crippen LogP contribution in [-0.4, -0.2) is 4.40 Å². The van der Waals surface area contributed by atoms with Crippen molar-refractivity contribution in [3.8, 4) is 11.1 Å². The Morgan fingerprint density at radius 1 is 0.568 bits per heavy atom. The monoisotopic (exact) mass is 476 g/mol. The highest BCUT2D eigenvalue weighted by Crippen LogP contribution is 2.40. The van der Waals surface area contributed by atoms with Crippen LogP contribution in [0.2, 0.25) is 0 Å². The lowest BCUT2D eigenvalue weighted by atomic mass is 9.81. The number of fused-ring (bicyclic) bond motifs is 5. The van der Waals surface area contributed by atoms with Gasteiger partial charge in [0.25, 0.3) is 0 Å². The molecule has 0 spiro atoms. The third-order valence-corrected chi connectivity index (χ3v) is 7.44. The predicted molar refractivity (Wildman–Crippen MR) is 153 cm³/mol. The number of hydrogen-bond acceptors (Lipinski definition) is 1. The van der Waals surface area contributed by atoms with E-state index in [0.717, 1.165) is 33.5 Å². The minimum atomic E-state index is 0.886. The minimum absolute atomic E-state index is 0.886. The van der Waals surface area contributed by atoms with Gasteiger partial charge in [-0.05, 0) is 65.4 Å². The van der Waals surface area contributed by atoms with E-state index >= 15 is 0 Å². The number of para-hydroxylation sites is 3. The van der Waals surface area contributed by atoms with Gasteiger partial charge in [-0.1, -0.05) is 103 Å². The molecule has 2 heterocycles. The average molecular weight is 477 g/mol. The average Bonchev–Trinajstić information content (AvgIpc) is 3.46. The quantitative estimate of drug-likeness (QED) is 0.232. The Bertz CT molecular complexity index is 1860. The van der Waals surface area contributed by atoms with Gasteiger partial charge in [-0.2, -0.15) is 0 Å². The van der Waals surface area contributed by atoms with E-state index in [4.69, 9.17) is 4.42 Å². The molecule has 0 saturated carbocycles. The first kappa shape index (κ1) is 21.7. The van der Waals surface area contributed by atoms with Gasteiger partial charge in [0.05, 0.1) is 22.5 Å². The summed E-state index contributed by atoms with van der Waals surface area (Å²) >= 11 is 0. The molecule has 37 heavy (non-hydrogen) atoms. The summed E-state index contributed by atoms with van der Waals surface area (Å²) in [6.45, 7) is 4.38. The van der Waals surface area contributed by atoms with Crippen LogP contribution < -0.4 is 0 Å². The van der Waals surface area contributed by atoms with Crippen molar-refractivity contribution < 1.29 is 4.42 Å². The van der Waals surface area contributed by atoms with Gasteiger partial charge in [0.1, 0.15) is 0 Å². The van der Waals surface area contributed by atoms with E-state index in [9.17, 15) is 0 Å². The molecule has 0 aliphatic heterocycles. The fraction of sp³-hybridized carbons (Fsp3) is 0.0571. The Labute approximate surface area is 216 Å². The molecule has 0 aliphatic carbocycles. The van der Waals surface area contributed by atoms with Crippen molar-refractivity contribution in [1.82, 2.24) is 4.40 Å². The van der Waals surface area contributed by atoms with Gasteiger partial charge in [0.15, 0.2) is 5.58 Å². The Hall–Kier alpha value is -4.56. The molecule has 1 radical (unpaired) electrons. The molecule has 0 atom stereocenters. The maximum absolute atomic E-state index is 6.43. The van der Waals surface area contributed by atoms with E-state index in [1.165, 1.54) is 39.1 Å². The molecule has 7 aromatic rings. The van der Waals surface area contributed by atoms with Gasteiger partial charge in [-0.25, -0.2) is 0 Å². The van der Waals surface area contributed by atoms with Gasteiger partial charge in [-0.15, -0.1) is 0 Å². The molecule has 0 unspecified atom stereocenters. The molecule has 177 valence electrons. The molecule has 5 aromatic carbocycles. The summed E-state index contributed by atoms with van der Waals surface area (Å²) in [7, 11) is 0. The first-order valence-electron chi connectivity index (χ1n) is 12.7. The van der Waals surface area contributed by atoms with Crippen LogP contribution in [0.5, 0.6) is 0 Å². The number of aryl methyl sites for hydroxylation is 2. The molecular weight excluding hydrogens is 450 g/mol. The minimum Gasteiger partial charge on any atom is -0.438 e. The molecule has 0 amide bonds. The van der Waals surface area contributed by atoms with E-state index in [2.05, 4.69) is 127 Å². The molecule has 2 aromatic heterocycles. The van der Waals surface area contributed by atoms with Crippen LogP contribution in [-0.2, 0) is 0 Å². The molecule has 0 bridgehead atoms. The van der Waals surface area contributed by atoms with Crippen LogP contribution in [0, 0.1) is 19.8 Å². The highest BCUT2D eigenvalue weighted by atomic mass is 16.3. The smallest absolute Gasteiger partial charge is 0.213 e. The summed E-state index contributed by atoms with van der Waals surface area (Å²) in [4.78, 5) is 0. The SMILES string of the molecule is Cc1ccccc1[C](c1ccc(-c2c3ccccc3n3c2oc2ccccc23)cc1)c1ccccc1C. The largest absolute Gasteiger partial charge is 0.438 e. The van der Waals surface area contributed by atoms with Crippen LogP contribution in [0.15, 0.2) is 126 Å². The molecule has 2 heteroatoms. The van der Waals surface area contributed by atoms with Gasteiger partial charge in [0.2, 0.25) is 5.71 Å². The van der Waals surface area contributed by atoms with E-state index in [0.29, 0.717) is 0 Å². The molecule has 2 nitrogen and oxygen atoms in total. The zero-order chi connectivity index (χ0) is 24.9. The molecule has 0 aliphatic rings. The van der Waals surface area contributed by atoms with E-state index in [-0.39, 0.29) is 0 Å². The number of oxazole rings is 1. The second kappa shape index (κ2) is 8.53. The standard InChI is InChI=1S/C35H26NO/c1-23-11-3-5-13-27(23)33(28-14-6-4-12-24(28)2)25-19-21-26(22-20-25)34-29-15-7-8-16-30(29)36-31-17-9-10-18-32(31)37-35(34)36/h3-22H,1-2H3. The maximum atomic E-state index is 6.43. The number of rotatable bonds is 4. The zero-order valence-electron chi connectivity index (χ0n) is 20.9. The Morgan fingerprint density at radius 2 is 1.14 bits per heavy atom. The number of nitrogens with zero attached hydrogens (tertiary/aromatic N) is 1. The van der Waals surface area contributed by atoms with E-state index in [1.54, 1.807) is 0 Å². The van der Waals surface area contributed by atoms with Crippen molar-refractivity contribution in [3.05, 3.63) is 155 Å². The molecular formula is C35H26NO. The first-order chi connectivity index (χ1) is 18.2. The van der Waals surface area contributed by atoms with Crippen LogP contribution in [0.1, 0.15) is 27.8 Å². The highest BCUT2D eigenvalue weighted by Gasteiger charge is 2.23. The highest BCUT2D eigenvalue weighted by molar-refractivity contribution is 6.06. The Kier molecular flexibility index (Phi) is 5.00. The maximum Gasteiger partial charge on any atom is 0.213 e. The van der Waals surface area contributed by atoms with Crippen molar-refractivity contribution in [2.45, 2.75) is 13.8 Å². The van der Waals surface area contributed by atoms with Crippen LogP contribution in [0.4, 0.5) is 0 Å². The topological polar surface area (TPSA) is 17.6 Å². The van der Waals surface area contributed by atoms with Crippen molar-refractivity contribution in [2.75, 3.05) is 0 Å². The van der Waals surface area contributed by atoms with Crippen LogP contribution in [0.3, 0.4) is 0 Å². The third kappa shape index (κ3) is 3.41. The number of aromatic nitrogens is 1. The predicted octanol–water partition coefficient (Wildman–Crippen LogP) is 9.14. The van der Waals surface area contributed by atoms with E-state index < -0.39 is 0 Å². The van der Waals surface area contributed by atoms with Gasteiger partial charge >= 0.3 is 0 Å². The van der Waals surface area contributed by atoms with Crippen molar-refractivity contribution in [2.24, 2.45) is 0 Å². The summed E-state index contributed by atoms with van der Waals surface area (Å²) in [6, 6.07) is 43.1. The van der Waals surface area contributed by atoms with Gasteiger partial charge in [-0.3, -0.25) is 4.40 Å².